The number of aryl methyl sites for hydroxylation is 1. The number of benzene rings is 2. The first-order valence-electron chi connectivity index (χ1n) is 10.4. The van der Waals surface area contributed by atoms with Gasteiger partial charge in [0.2, 0.25) is 26.0 Å². The minimum atomic E-state index is -3.65. The van der Waals surface area contributed by atoms with Gasteiger partial charge in [-0.15, -0.1) is 0 Å². The largest absolute Gasteiger partial charge is 0.352 e. The van der Waals surface area contributed by atoms with Crippen LogP contribution in [0.5, 0.6) is 0 Å². The van der Waals surface area contributed by atoms with Crippen LogP contribution in [0.25, 0.3) is 0 Å². The summed E-state index contributed by atoms with van der Waals surface area (Å²) in [6.45, 7) is 2.67. The number of hydrogen-bond acceptors (Lipinski definition) is 5. The Morgan fingerprint density at radius 1 is 1.00 bits per heavy atom. The molecule has 0 saturated carbocycles. The van der Waals surface area contributed by atoms with Gasteiger partial charge in [-0.1, -0.05) is 29.8 Å². The van der Waals surface area contributed by atoms with E-state index in [0.29, 0.717) is 19.4 Å². The summed E-state index contributed by atoms with van der Waals surface area (Å²) in [7, 11) is -4.21. The Kier molecular flexibility index (Phi) is 7.39. The van der Waals surface area contributed by atoms with Gasteiger partial charge in [-0.3, -0.25) is 4.79 Å². The first-order chi connectivity index (χ1) is 15.0. The highest BCUT2D eigenvalue weighted by Gasteiger charge is 2.33. The monoisotopic (exact) mass is 479 g/mol. The maximum atomic E-state index is 12.9. The fourth-order valence-electron chi connectivity index (χ4n) is 3.56. The van der Waals surface area contributed by atoms with Gasteiger partial charge in [-0.25, -0.2) is 21.1 Å². The quantitative estimate of drug-likeness (QED) is 0.654. The van der Waals surface area contributed by atoms with Crippen LogP contribution in [0.4, 0.5) is 0 Å². The minimum absolute atomic E-state index is 0.141. The molecule has 1 amide bonds. The van der Waals surface area contributed by atoms with Crippen molar-refractivity contribution in [3.05, 3.63) is 59.7 Å². The van der Waals surface area contributed by atoms with Crippen LogP contribution in [0.2, 0.25) is 0 Å². The number of nitrogens with one attached hydrogen (secondary N) is 1. The smallest absolute Gasteiger partial charge is 0.243 e. The summed E-state index contributed by atoms with van der Waals surface area (Å²) in [4.78, 5) is 13.1. The summed E-state index contributed by atoms with van der Waals surface area (Å²) >= 11 is 0. The molecule has 0 aliphatic carbocycles. The van der Waals surface area contributed by atoms with E-state index in [1.165, 1.54) is 30.5 Å². The summed E-state index contributed by atoms with van der Waals surface area (Å²) in [6.07, 6.45) is 1.23. The minimum Gasteiger partial charge on any atom is -0.352 e. The Hall–Kier alpha value is -2.27. The van der Waals surface area contributed by atoms with Gasteiger partial charge in [0.05, 0.1) is 15.7 Å². The summed E-state index contributed by atoms with van der Waals surface area (Å²) < 4.78 is 52.7. The van der Waals surface area contributed by atoms with Gasteiger partial charge in [0.25, 0.3) is 0 Å². The van der Waals surface area contributed by atoms with E-state index in [1.807, 2.05) is 6.92 Å². The van der Waals surface area contributed by atoms with E-state index in [-0.39, 0.29) is 28.8 Å². The number of nitrogens with zero attached hydrogens (tertiary/aromatic N) is 2. The number of piperidine rings is 1. The summed E-state index contributed by atoms with van der Waals surface area (Å²) in [5, 5.41) is 2.85. The molecule has 0 bridgehead atoms. The van der Waals surface area contributed by atoms with Crippen molar-refractivity contribution in [2.24, 2.45) is 5.92 Å². The van der Waals surface area contributed by atoms with Crippen molar-refractivity contribution in [3.8, 4) is 0 Å². The van der Waals surface area contributed by atoms with E-state index < -0.39 is 26.0 Å². The average Bonchev–Trinajstić information content (AvgIpc) is 2.78. The van der Waals surface area contributed by atoms with Crippen molar-refractivity contribution in [1.82, 2.24) is 13.9 Å². The van der Waals surface area contributed by atoms with E-state index in [2.05, 4.69) is 5.32 Å². The van der Waals surface area contributed by atoms with Crippen LogP contribution in [0.15, 0.2) is 58.3 Å². The van der Waals surface area contributed by atoms with Crippen LogP contribution < -0.4 is 5.32 Å². The first-order valence-corrected chi connectivity index (χ1v) is 13.3. The molecule has 0 unspecified atom stereocenters. The Balaban J connectivity index is 1.61. The summed E-state index contributed by atoms with van der Waals surface area (Å²) in [5.74, 6) is -0.642. The van der Waals surface area contributed by atoms with Gasteiger partial charge in [0.15, 0.2) is 0 Å². The first kappa shape index (κ1) is 24.4. The molecule has 0 spiro atoms. The highest BCUT2D eigenvalue weighted by molar-refractivity contribution is 7.89. The zero-order chi connectivity index (χ0) is 23.5. The van der Waals surface area contributed by atoms with Crippen molar-refractivity contribution >= 4 is 26.0 Å². The van der Waals surface area contributed by atoms with E-state index in [0.717, 1.165) is 15.4 Å². The third-order valence-electron chi connectivity index (χ3n) is 5.58. The lowest BCUT2D eigenvalue weighted by Gasteiger charge is -2.31. The molecule has 1 saturated heterocycles. The average molecular weight is 480 g/mol. The van der Waals surface area contributed by atoms with Crippen LogP contribution in [-0.2, 0) is 31.4 Å². The Morgan fingerprint density at radius 3 is 2.19 bits per heavy atom. The molecule has 174 valence electrons. The van der Waals surface area contributed by atoms with Gasteiger partial charge in [-0.05, 0) is 49.6 Å². The lowest BCUT2D eigenvalue weighted by Crippen LogP contribution is -2.45. The molecule has 2 aromatic carbocycles. The maximum Gasteiger partial charge on any atom is 0.243 e. The molecule has 10 heteroatoms. The van der Waals surface area contributed by atoms with E-state index >= 15 is 0 Å². The highest BCUT2D eigenvalue weighted by Crippen LogP contribution is 2.24. The van der Waals surface area contributed by atoms with E-state index in [4.69, 9.17) is 0 Å². The maximum absolute atomic E-state index is 12.9. The lowest BCUT2D eigenvalue weighted by molar-refractivity contribution is -0.126. The highest BCUT2D eigenvalue weighted by atomic mass is 32.2. The van der Waals surface area contributed by atoms with Crippen molar-refractivity contribution in [1.29, 1.82) is 0 Å². The molecule has 8 nitrogen and oxygen atoms in total. The SMILES string of the molecule is Cc1ccc(S(=O)(=O)N2CCC[C@@H](C(=O)NCc3ccc(S(=O)(=O)N(C)C)cc3)C2)cc1. The standard InChI is InChI=1S/C22H29N3O5S2/c1-17-6-10-21(11-7-17)32(29,30)25-14-4-5-19(16-25)22(26)23-15-18-8-12-20(13-9-18)31(27,28)24(2)3/h6-13,19H,4-5,14-16H2,1-3H3,(H,23,26)/t19-/m1/s1. The van der Waals surface area contributed by atoms with Crippen LogP contribution in [0, 0.1) is 12.8 Å². The molecule has 0 aromatic heterocycles. The predicted molar refractivity (Wildman–Crippen MR) is 122 cm³/mol. The number of amides is 1. The lowest BCUT2D eigenvalue weighted by atomic mass is 9.99. The molecule has 1 atom stereocenters. The number of hydrogen-bond donors (Lipinski definition) is 1. The second-order valence-electron chi connectivity index (χ2n) is 8.16. The Bertz CT molecular complexity index is 1160. The fourth-order valence-corrected chi connectivity index (χ4v) is 5.98. The van der Waals surface area contributed by atoms with Crippen molar-refractivity contribution in [2.75, 3.05) is 27.2 Å². The molecule has 1 N–H and O–H groups in total. The van der Waals surface area contributed by atoms with E-state index in [1.54, 1.807) is 36.4 Å². The third-order valence-corrected chi connectivity index (χ3v) is 9.29. The molecule has 0 radical (unpaired) electrons. The number of rotatable bonds is 7. The summed E-state index contributed by atoms with van der Waals surface area (Å²) in [5.41, 5.74) is 1.74. The van der Waals surface area contributed by atoms with Gasteiger partial charge in [0, 0.05) is 33.7 Å². The molecule has 1 fully saturated rings. The fraction of sp³-hybridized carbons (Fsp3) is 0.409. The predicted octanol–water partition coefficient (Wildman–Crippen LogP) is 1.96. The van der Waals surface area contributed by atoms with Crippen LogP contribution in [-0.4, -0.2) is 58.5 Å². The number of carbonyl (C=O) groups is 1. The van der Waals surface area contributed by atoms with Crippen molar-refractivity contribution in [2.45, 2.75) is 36.1 Å². The molecule has 1 heterocycles. The van der Waals surface area contributed by atoms with Gasteiger partial charge < -0.3 is 5.32 Å². The molecule has 2 aromatic rings. The van der Waals surface area contributed by atoms with Crippen LogP contribution in [0.3, 0.4) is 0 Å². The topological polar surface area (TPSA) is 104 Å². The van der Waals surface area contributed by atoms with Crippen molar-refractivity contribution < 1.29 is 21.6 Å². The van der Waals surface area contributed by atoms with Gasteiger partial charge in [-0.2, -0.15) is 4.31 Å². The van der Waals surface area contributed by atoms with Crippen molar-refractivity contribution in [3.63, 3.8) is 0 Å². The zero-order valence-electron chi connectivity index (χ0n) is 18.5. The Labute approximate surface area is 190 Å². The normalized spacial score (nSPS) is 17.9. The zero-order valence-corrected chi connectivity index (χ0v) is 20.1. The van der Waals surface area contributed by atoms with Crippen LogP contribution >= 0.6 is 0 Å². The Morgan fingerprint density at radius 2 is 1.59 bits per heavy atom. The molecule has 1 aliphatic rings. The molecule has 3 rings (SSSR count). The molecule has 1 aliphatic heterocycles. The number of carbonyl (C=O) groups excluding carboxylic acids is 1. The van der Waals surface area contributed by atoms with Gasteiger partial charge >= 0.3 is 0 Å². The molecule has 32 heavy (non-hydrogen) atoms. The van der Waals surface area contributed by atoms with E-state index in [9.17, 15) is 21.6 Å². The molecular weight excluding hydrogens is 450 g/mol. The van der Waals surface area contributed by atoms with Gasteiger partial charge in [0.1, 0.15) is 0 Å². The number of sulfonamides is 2. The third kappa shape index (κ3) is 5.37. The molecular formula is C22H29N3O5S2. The summed E-state index contributed by atoms with van der Waals surface area (Å²) in [6, 6.07) is 13.0. The second kappa shape index (κ2) is 9.70. The second-order valence-corrected chi connectivity index (χ2v) is 12.3. The van der Waals surface area contributed by atoms with Crippen LogP contribution in [0.1, 0.15) is 24.0 Å².